The van der Waals surface area contributed by atoms with Gasteiger partial charge in [0, 0.05) is 29.1 Å². The number of benzene rings is 2. The van der Waals surface area contributed by atoms with Crippen LogP contribution >= 0.6 is 11.6 Å². The Morgan fingerprint density at radius 3 is 2.64 bits per heavy atom. The van der Waals surface area contributed by atoms with Crippen LogP contribution < -0.4 is 14.8 Å². The Hall–Kier alpha value is -3.58. The maximum Gasteiger partial charge on any atom is 0.337 e. The Kier molecular flexibility index (Phi) is 4.58. The third-order valence-electron chi connectivity index (χ3n) is 4.12. The second kappa shape index (κ2) is 7.21. The van der Waals surface area contributed by atoms with Crippen LogP contribution in [0.4, 0.5) is 5.69 Å². The van der Waals surface area contributed by atoms with Crippen molar-refractivity contribution < 1.29 is 24.2 Å². The zero-order chi connectivity index (χ0) is 19.7. The molecule has 1 aliphatic heterocycles. The van der Waals surface area contributed by atoms with Gasteiger partial charge in [-0.1, -0.05) is 23.7 Å². The van der Waals surface area contributed by atoms with Gasteiger partial charge in [-0.15, -0.1) is 0 Å². The number of nitrogens with one attached hydrogen (secondary N) is 1. The number of aromatic carboxylic acids is 1. The molecule has 8 heteroatoms. The van der Waals surface area contributed by atoms with Gasteiger partial charge in [0.25, 0.3) is 5.91 Å². The van der Waals surface area contributed by atoms with E-state index in [2.05, 4.69) is 10.3 Å². The Balaban J connectivity index is 1.58. The summed E-state index contributed by atoms with van der Waals surface area (Å²) in [6.07, 6.45) is 1.23. The maximum atomic E-state index is 12.6. The molecule has 0 aliphatic carbocycles. The molecule has 4 rings (SSSR count). The van der Waals surface area contributed by atoms with Crippen molar-refractivity contribution in [1.29, 1.82) is 0 Å². The number of ether oxygens (including phenoxy) is 2. The summed E-state index contributed by atoms with van der Waals surface area (Å²) in [5, 5.41) is 12.0. The lowest BCUT2D eigenvalue weighted by Crippen LogP contribution is -2.11. The van der Waals surface area contributed by atoms with E-state index in [1.54, 1.807) is 42.5 Å². The van der Waals surface area contributed by atoms with Crippen molar-refractivity contribution in [2.75, 3.05) is 12.1 Å². The number of rotatable bonds is 4. The van der Waals surface area contributed by atoms with Crippen LogP contribution in [-0.4, -0.2) is 28.8 Å². The van der Waals surface area contributed by atoms with Crippen LogP contribution in [0.25, 0.3) is 11.3 Å². The molecular weight excluding hydrogens is 384 g/mol. The highest BCUT2D eigenvalue weighted by atomic mass is 35.5. The zero-order valence-electron chi connectivity index (χ0n) is 14.3. The Bertz CT molecular complexity index is 1100. The standard InChI is InChI=1S/C20H13ClN2O5/c21-15-7-13(20(25)26)9-22-18(15)11-2-1-3-12(6-11)19(24)23-14-4-5-16-17(8-14)28-10-27-16/h1-9H,10H2,(H,23,24)(H,25,26). The fourth-order valence-electron chi connectivity index (χ4n) is 2.75. The van der Waals surface area contributed by atoms with Crippen molar-refractivity contribution in [1.82, 2.24) is 4.98 Å². The first-order chi connectivity index (χ1) is 13.5. The largest absolute Gasteiger partial charge is 0.478 e. The zero-order valence-corrected chi connectivity index (χ0v) is 15.1. The van der Waals surface area contributed by atoms with Gasteiger partial charge in [0.1, 0.15) is 0 Å². The first kappa shape index (κ1) is 17.8. The van der Waals surface area contributed by atoms with Crippen LogP contribution in [0.2, 0.25) is 5.02 Å². The number of anilines is 1. The third-order valence-corrected chi connectivity index (χ3v) is 4.40. The lowest BCUT2D eigenvalue weighted by molar-refractivity contribution is 0.0696. The number of fused-ring (bicyclic) bond motifs is 1. The number of amides is 1. The molecule has 7 nitrogen and oxygen atoms in total. The van der Waals surface area contributed by atoms with Gasteiger partial charge in [0.2, 0.25) is 6.79 Å². The first-order valence-corrected chi connectivity index (χ1v) is 8.59. The fourth-order valence-corrected chi connectivity index (χ4v) is 3.03. The number of carbonyl (C=O) groups is 2. The molecule has 0 spiro atoms. The fraction of sp³-hybridized carbons (Fsp3) is 0.0500. The number of hydrogen-bond donors (Lipinski definition) is 2. The molecule has 0 unspecified atom stereocenters. The van der Waals surface area contributed by atoms with Crippen LogP contribution in [-0.2, 0) is 0 Å². The second-order valence-corrected chi connectivity index (χ2v) is 6.37. The highest BCUT2D eigenvalue weighted by molar-refractivity contribution is 6.33. The molecule has 2 heterocycles. The van der Waals surface area contributed by atoms with E-state index in [0.717, 1.165) is 0 Å². The minimum atomic E-state index is -1.11. The number of carbonyl (C=O) groups excluding carboxylic acids is 1. The molecule has 2 N–H and O–H groups in total. The number of pyridine rings is 1. The minimum absolute atomic E-state index is 0.00884. The highest BCUT2D eigenvalue weighted by Crippen LogP contribution is 2.34. The van der Waals surface area contributed by atoms with E-state index >= 15 is 0 Å². The number of aromatic nitrogens is 1. The maximum absolute atomic E-state index is 12.6. The van der Waals surface area contributed by atoms with Gasteiger partial charge >= 0.3 is 5.97 Å². The van der Waals surface area contributed by atoms with E-state index in [1.165, 1.54) is 12.3 Å². The quantitative estimate of drug-likeness (QED) is 0.689. The molecular formula is C20H13ClN2O5. The smallest absolute Gasteiger partial charge is 0.337 e. The van der Waals surface area contributed by atoms with E-state index in [0.29, 0.717) is 34.0 Å². The monoisotopic (exact) mass is 396 g/mol. The van der Waals surface area contributed by atoms with E-state index in [-0.39, 0.29) is 23.3 Å². The molecule has 0 radical (unpaired) electrons. The number of halogens is 1. The van der Waals surface area contributed by atoms with E-state index < -0.39 is 5.97 Å². The SMILES string of the molecule is O=C(O)c1cnc(-c2cccc(C(=O)Nc3ccc4c(c3)OCO4)c2)c(Cl)c1. The Morgan fingerprint density at radius 2 is 1.86 bits per heavy atom. The van der Waals surface area contributed by atoms with Gasteiger partial charge in [-0.2, -0.15) is 0 Å². The van der Waals surface area contributed by atoms with E-state index in [1.807, 2.05) is 0 Å². The van der Waals surface area contributed by atoms with Gasteiger partial charge in [-0.3, -0.25) is 9.78 Å². The molecule has 2 aromatic carbocycles. The van der Waals surface area contributed by atoms with Crippen LogP contribution in [0.15, 0.2) is 54.7 Å². The van der Waals surface area contributed by atoms with Crippen molar-refractivity contribution in [3.63, 3.8) is 0 Å². The lowest BCUT2D eigenvalue weighted by atomic mass is 10.1. The molecule has 3 aromatic rings. The Labute approximate surface area is 164 Å². The van der Waals surface area contributed by atoms with Crippen molar-refractivity contribution >= 4 is 29.2 Å². The van der Waals surface area contributed by atoms with Crippen LogP contribution in [0.3, 0.4) is 0 Å². The average molecular weight is 397 g/mol. The summed E-state index contributed by atoms with van der Waals surface area (Å²) in [7, 11) is 0. The summed E-state index contributed by atoms with van der Waals surface area (Å²) >= 11 is 6.17. The van der Waals surface area contributed by atoms with E-state index in [4.69, 9.17) is 26.2 Å². The second-order valence-electron chi connectivity index (χ2n) is 5.96. The van der Waals surface area contributed by atoms with Crippen molar-refractivity contribution in [3.05, 3.63) is 70.9 Å². The summed E-state index contributed by atoms with van der Waals surface area (Å²) in [6.45, 7) is 0.156. The predicted octanol–water partition coefficient (Wildman–Crippen LogP) is 4.08. The molecule has 1 aliphatic rings. The summed E-state index contributed by atoms with van der Waals surface area (Å²) in [5.74, 6) is -0.233. The van der Waals surface area contributed by atoms with Crippen LogP contribution in [0.1, 0.15) is 20.7 Å². The van der Waals surface area contributed by atoms with Crippen molar-refractivity contribution in [3.8, 4) is 22.8 Å². The molecule has 1 amide bonds. The number of carboxylic acids is 1. The first-order valence-electron chi connectivity index (χ1n) is 8.21. The average Bonchev–Trinajstić information content (AvgIpc) is 3.15. The number of nitrogens with zero attached hydrogens (tertiary/aromatic N) is 1. The summed E-state index contributed by atoms with van der Waals surface area (Å²) in [4.78, 5) is 27.8. The molecule has 0 saturated heterocycles. The van der Waals surface area contributed by atoms with Gasteiger partial charge in [-0.25, -0.2) is 4.79 Å². The van der Waals surface area contributed by atoms with E-state index in [9.17, 15) is 9.59 Å². The number of carboxylic acid groups (broad SMARTS) is 1. The molecule has 0 bridgehead atoms. The Morgan fingerprint density at radius 1 is 1.04 bits per heavy atom. The van der Waals surface area contributed by atoms with Gasteiger partial charge in [0.05, 0.1) is 16.3 Å². The molecule has 28 heavy (non-hydrogen) atoms. The molecule has 140 valence electrons. The number of hydrogen-bond acceptors (Lipinski definition) is 5. The molecule has 0 fully saturated rings. The minimum Gasteiger partial charge on any atom is -0.478 e. The lowest BCUT2D eigenvalue weighted by Gasteiger charge is -2.09. The third kappa shape index (κ3) is 3.47. The van der Waals surface area contributed by atoms with Gasteiger partial charge in [-0.05, 0) is 30.3 Å². The van der Waals surface area contributed by atoms with Crippen LogP contribution in [0.5, 0.6) is 11.5 Å². The van der Waals surface area contributed by atoms with Crippen LogP contribution in [0, 0.1) is 0 Å². The molecule has 1 aromatic heterocycles. The van der Waals surface area contributed by atoms with Crippen molar-refractivity contribution in [2.45, 2.75) is 0 Å². The van der Waals surface area contributed by atoms with Gasteiger partial charge in [0.15, 0.2) is 11.5 Å². The molecule has 0 atom stereocenters. The summed E-state index contributed by atoms with van der Waals surface area (Å²) in [5.41, 5.74) is 1.95. The molecule has 0 saturated carbocycles. The summed E-state index contributed by atoms with van der Waals surface area (Å²) < 4.78 is 10.6. The van der Waals surface area contributed by atoms with Gasteiger partial charge < -0.3 is 19.9 Å². The highest BCUT2D eigenvalue weighted by Gasteiger charge is 2.16. The topological polar surface area (TPSA) is 97.8 Å². The predicted molar refractivity (Wildman–Crippen MR) is 102 cm³/mol. The van der Waals surface area contributed by atoms with Crippen molar-refractivity contribution in [2.24, 2.45) is 0 Å². The summed E-state index contributed by atoms with van der Waals surface area (Å²) in [6, 6.07) is 13.2. The normalized spacial score (nSPS) is 11.9.